The molecule has 1 aromatic rings. The molecular formula is C6H9BF3N2-. The van der Waals surface area contributed by atoms with E-state index in [9.17, 15) is 12.9 Å². The van der Waals surface area contributed by atoms with Crippen molar-refractivity contribution in [2.24, 2.45) is 7.05 Å². The van der Waals surface area contributed by atoms with Crippen LogP contribution in [0.1, 0.15) is 5.69 Å². The largest absolute Gasteiger partial charge is 0.478 e. The first-order valence-corrected chi connectivity index (χ1v) is 3.67. The number of halogens is 3. The lowest BCUT2D eigenvalue weighted by Gasteiger charge is -2.12. The Morgan fingerprint density at radius 3 is 2.58 bits per heavy atom. The van der Waals surface area contributed by atoms with Crippen LogP contribution in [0, 0.1) is 0 Å². The fourth-order valence-corrected chi connectivity index (χ4v) is 0.958. The van der Waals surface area contributed by atoms with E-state index in [1.165, 1.54) is 10.9 Å². The van der Waals surface area contributed by atoms with Crippen LogP contribution in [-0.4, -0.2) is 16.8 Å². The first-order valence-electron chi connectivity index (χ1n) is 3.67. The Balaban J connectivity index is 2.49. The monoisotopic (exact) mass is 177 g/mol. The van der Waals surface area contributed by atoms with Gasteiger partial charge in [-0.3, -0.25) is 4.68 Å². The summed E-state index contributed by atoms with van der Waals surface area (Å²) in [6.45, 7) is -4.66. The van der Waals surface area contributed by atoms with Crippen LogP contribution in [0.25, 0.3) is 0 Å². The molecule has 0 saturated heterocycles. The van der Waals surface area contributed by atoms with Gasteiger partial charge in [0.1, 0.15) is 0 Å². The van der Waals surface area contributed by atoms with E-state index in [-0.39, 0.29) is 6.42 Å². The highest BCUT2D eigenvalue weighted by Gasteiger charge is 2.22. The number of nitrogens with zero attached hydrogens (tertiary/aromatic N) is 2. The van der Waals surface area contributed by atoms with Crippen LogP contribution in [0.5, 0.6) is 0 Å². The molecule has 6 heteroatoms. The predicted octanol–water partition coefficient (Wildman–Crippen LogP) is 1.81. The Morgan fingerprint density at radius 2 is 2.17 bits per heavy atom. The molecule has 0 spiro atoms. The summed E-state index contributed by atoms with van der Waals surface area (Å²) in [5.74, 6) is 0. The maximum atomic E-state index is 11.8. The Kier molecular flexibility index (Phi) is 2.44. The van der Waals surface area contributed by atoms with Gasteiger partial charge >= 0.3 is 6.98 Å². The van der Waals surface area contributed by atoms with Crippen molar-refractivity contribution < 1.29 is 12.9 Å². The molecule has 0 fully saturated rings. The van der Waals surface area contributed by atoms with E-state index in [4.69, 9.17) is 0 Å². The van der Waals surface area contributed by atoms with Crippen LogP contribution in [-0.2, 0) is 13.5 Å². The number of rotatable bonds is 3. The fraction of sp³-hybridized carbons (Fsp3) is 0.500. The van der Waals surface area contributed by atoms with Gasteiger partial charge in [0.05, 0.1) is 0 Å². The topological polar surface area (TPSA) is 17.8 Å². The third kappa shape index (κ3) is 2.60. The first kappa shape index (κ1) is 9.16. The number of aromatic nitrogens is 2. The molecular weight excluding hydrogens is 168 g/mol. The molecule has 0 unspecified atom stereocenters. The molecule has 1 rings (SSSR count). The van der Waals surface area contributed by atoms with Crippen molar-refractivity contribution in [1.82, 2.24) is 9.78 Å². The normalized spacial score (nSPS) is 12.0. The molecule has 1 aromatic heterocycles. The summed E-state index contributed by atoms with van der Waals surface area (Å²) in [7, 11) is 1.64. The van der Waals surface area contributed by atoms with Gasteiger partial charge in [-0.15, -0.1) is 0 Å². The van der Waals surface area contributed by atoms with Gasteiger partial charge in [0.2, 0.25) is 0 Å². The number of hydrogen-bond donors (Lipinski definition) is 0. The fourth-order valence-electron chi connectivity index (χ4n) is 0.958. The van der Waals surface area contributed by atoms with Gasteiger partial charge in [0, 0.05) is 18.9 Å². The third-order valence-corrected chi connectivity index (χ3v) is 1.65. The van der Waals surface area contributed by atoms with Crippen LogP contribution in [0.4, 0.5) is 12.9 Å². The highest BCUT2D eigenvalue weighted by molar-refractivity contribution is 6.58. The molecule has 0 atom stereocenters. The van der Waals surface area contributed by atoms with E-state index in [0.29, 0.717) is 5.69 Å². The zero-order valence-electron chi connectivity index (χ0n) is 6.67. The molecule has 2 nitrogen and oxygen atoms in total. The quantitative estimate of drug-likeness (QED) is 0.643. The van der Waals surface area contributed by atoms with Gasteiger partial charge in [-0.25, -0.2) is 0 Å². The SMILES string of the molecule is Cn1nccc1CC[B-](F)(F)F. The summed E-state index contributed by atoms with van der Waals surface area (Å²) in [5.41, 5.74) is 0.620. The maximum Gasteiger partial charge on any atom is 0.478 e. The second kappa shape index (κ2) is 3.20. The van der Waals surface area contributed by atoms with E-state index >= 15 is 0 Å². The molecule has 0 bridgehead atoms. The molecule has 0 aliphatic rings. The Labute approximate surface area is 68.4 Å². The lowest BCUT2D eigenvalue weighted by molar-refractivity contribution is 0.466. The van der Waals surface area contributed by atoms with Gasteiger partial charge in [0.15, 0.2) is 0 Å². The minimum atomic E-state index is -4.66. The average molecular weight is 177 g/mol. The Hall–Kier alpha value is -0.935. The van der Waals surface area contributed by atoms with Crippen molar-refractivity contribution in [2.45, 2.75) is 12.7 Å². The van der Waals surface area contributed by atoms with Crippen LogP contribution in [0.3, 0.4) is 0 Å². The maximum absolute atomic E-state index is 11.8. The summed E-state index contributed by atoms with van der Waals surface area (Å²) >= 11 is 0. The molecule has 0 aromatic carbocycles. The predicted molar refractivity (Wildman–Crippen MR) is 40.8 cm³/mol. The van der Waals surface area contributed by atoms with Gasteiger partial charge in [-0.2, -0.15) is 5.10 Å². The zero-order valence-corrected chi connectivity index (χ0v) is 6.67. The second-order valence-electron chi connectivity index (χ2n) is 2.70. The number of aryl methyl sites for hydroxylation is 2. The molecule has 0 aliphatic carbocycles. The summed E-state index contributed by atoms with van der Waals surface area (Å²) in [5, 5.41) is 3.77. The highest BCUT2D eigenvalue weighted by Crippen LogP contribution is 2.17. The average Bonchev–Trinajstić information content (AvgIpc) is 2.29. The molecule has 0 saturated carbocycles. The van der Waals surface area contributed by atoms with Crippen LogP contribution < -0.4 is 0 Å². The van der Waals surface area contributed by atoms with Crippen LogP contribution in [0.2, 0.25) is 6.32 Å². The van der Waals surface area contributed by atoms with Crippen LogP contribution in [0.15, 0.2) is 12.3 Å². The first-order chi connectivity index (χ1) is 5.49. The van der Waals surface area contributed by atoms with Crippen LogP contribution >= 0.6 is 0 Å². The summed E-state index contributed by atoms with van der Waals surface area (Å²) in [4.78, 5) is 0. The summed E-state index contributed by atoms with van der Waals surface area (Å²) in [6.07, 6.45) is 0.804. The van der Waals surface area contributed by atoms with Gasteiger partial charge in [0.25, 0.3) is 0 Å². The van der Waals surface area contributed by atoms with Crippen molar-refractivity contribution in [3.05, 3.63) is 18.0 Å². The summed E-state index contributed by atoms with van der Waals surface area (Å²) < 4.78 is 36.9. The van der Waals surface area contributed by atoms with Crippen molar-refractivity contribution >= 4 is 6.98 Å². The van der Waals surface area contributed by atoms with E-state index in [1.807, 2.05) is 0 Å². The molecule has 0 N–H and O–H groups in total. The van der Waals surface area contributed by atoms with Gasteiger partial charge in [-0.1, -0.05) is 6.32 Å². The van der Waals surface area contributed by atoms with Crippen molar-refractivity contribution in [1.29, 1.82) is 0 Å². The molecule has 1 heterocycles. The lowest BCUT2D eigenvalue weighted by atomic mass is 9.84. The molecule has 68 valence electrons. The Bertz CT molecular complexity index is 256. The van der Waals surface area contributed by atoms with E-state index in [0.717, 1.165) is 0 Å². The molecule has 0 aliphatic heterocycles. The standard InChI is InChI=1S/C6H9BF3N2/c1-12-6(3-5-11-12)2-4-7(8,9)10/h3,5H,2,4H2,1H3/q-1. The van der Waals surface area contributed by atoms with E-state index in [2.05, 4.69) is 5.10 Å². The second-order valence-corrected chi connectivity index (χ2v) is 2.70. The number of hydrogen-bond acceptors (Lipinski definition) is 1. The van der Waals surface area contributed by atoms with E-state index in [1.54, 1.807) is 13.1 Å². The highest BCUT2D eigenvalue weighted by atomic mass is 19.4. The third-order valence-electron chi connectivity index (χ3n) is 1.65. The molecule has 12 heavy (non-hydrogen) atoms. The molecule has 0 radical (unpaired) electrons. The van der Waals surface area contributed by atoms with Crippen molar-refractivity contribution in [2.75, 3.05) is 0 Å². The molecule has 0 amide bonds. The van der Waals surface area contributed by atoms with Gasteiger partial charge < -0.3 is 12.9 Å². The van der Waals surface area contributed by atoms with E-state index < -0.39 is 13.3 Å². The minimum absolute atomic E-state index is 0.0278. The minimum Gasteiger partial charge on any atom is -0.449 e. The zero-order chi connectivity index (χ0) is 9.19. The summed E-state index contributed by atoms with van der Waals surface area (Å²) in [6, 6.07) is 1.60. The van der Waals surface area contributed by atoms with Crippen molar-refractivity contribution in [3.63, 3.8) is 0 Å². The van der Waals surface area contributed by atoms with Crippen molar-refractivity contribution in [3.8, 4) is 0 Å². The van der Waals surface area contributed by atoms with Gasteiger partial charge in [-0.05, 0) is 12.5 Å². The Morgan fingerprint density at radius 1 is 1.50 bits per heavy atom. The lowest BCUT2D eigenvalue weighted by Crippen LogP contribution is -2.16. The smallest absolute Gasteiger partial charge is 0.449 e.